The molecule has 0 heterocycles. The summed E-state index contributed by atoms with van der Waals surface area (Å²) in [6, 6.07) is 0.0184. The van der Waals surface area contributed by atoms with Gasteiger partial charge in [0.05, 0.1) is 10.6 Å². The summed E-state index contributed by atoms with van der Waals surface area (Å²) >= 11 is 3.90. The molecule has 2 atom stereocenters. The van der Waals surface area contributed by atoms with Gasteiger partial charge >= 0.3 is 11.9 Å². The molecule has 0 saturated heterocycles. The highest BCUT2D eigenvalue weighted by Gasteiger charge is 2.25. The fourth-order valence-electron chi connectivity index (χ4n) is 2.47. The van der Waals surface area contributed by atoms with Gasteiger partial charge < -0.3 is 26.2 Å². The van der Waals surface area contributed by atoms with Gasteiger partial charge in [-0.2, -0.15) is 12.6 Å². The van der Waals surface area contributed by atoms with Crippen LogP contribution < -0.4 is 16.0 Å². The number of nitrogens with one attached hydrogen (secondary N) is 3. The van der Waals surface area contributed by atoms with Gasteiger partial charge in [0.25, 0.3) is 11.6 Å². The van der Waals surface area contributed by atoms with Crippen LogP contribution in [0.5, 0.6) is 0 Å². The van der Waals surface area contributed by atoms with Gasteiger partial charge in [0.2, 0.25) is 11.8 Å². The van der Waals surface area contributed by atoms with Crippen LogP contribution in [0.4, 0.5) is 11.4 Å². The number of nitro benzene ring substituents is 1. The Bertz CT molecular complexity index is 1040. The molecule has 0 aliphatic heterocycles. The first-order valence-electron chi connectivity index (χ1n) is 9.27. The van der Waals surface area contributed by atoms with Crippen molar-refractivity contribution in [1.82, 2.24) is 16.0 Å². The van der Waals surface area contributed by atoms with Crippen molar-refractivity contribution in [3.63, 3.8) is 0 Å². The number of nitro groups is 1. The Morgan fingerprint density at radius 2 is 1.85 bits per heavy atom. The molecule has 5 N–H and O–H groups in total. The lowest BCUT2D eigenvalue weighted by Crippen LogP contribution is -2.49. The monoisotopic (exact) mass is 497 g/mol. The van der Waals surface area contributed by atoms with Crippen molar-refractivity contribution in [3.05, 3.63) is 44.3 Å². The average molecular weight is 497 g/mol. The van der Waals surface area contributed by atoms with Gasteiger partial charge in [-0.05, 0) is 18.0 Å². The van der Waals surface area contributed by atoms with Crippen LogP contribution >= 0.6 is 12.6 Å². The minimum Gasteiger partial charge on any atom is -0.480 e. The van der Waals surface area contributed by atoms with E-state index in [4.69, 9.17) is 10.6 Å². The van der Waals surface area contributed by atoms with E-state index in [0.29, 0.717) is 0 Å². The molecule has 0 saturated carbocycles. The van der Waals surface area contributed by atoms with Crippen LogP contribution in [0.1, 0.15) is 23.2 Å². The summed E-state index contributed by atoms with van der Waals surface area (Å²) in [5, 5.41) is 38.5. The van der Waals surface area contributed by atoms with Crippen LogP contribution in [-0.4, -0.2) is 69.2 Å². The lowest BCUT2D eigenvalue weighted by molar-refractivity contribution is -0.384. The number of carbonyl (C=O) groups is 5. The zero-order valence-corrected chi connectivity index (χ0v) is 18.1. The molecule has 3 amide bonds. The smallest absolute Gasteiger partial charge is 0.326 e. The zero-order valence-electron chi connectivity index (χ0n) is 17.2. The summed E-state index contributed by atoms with van der Waals surface area (Å²) < 4.78 is 0. The lowest BCUT2D eigenvalue weighted by Gasteiger charge is -2.18. The van der Waals surface area contributed by atoms with E-state index in [1.807, 2.05) is 0 Å². The highest BCUT2D eigenvalue weighted by atomic mass is 32.1. The number of hydrogen-bond acceptors (Lipinski definition) is 9. The maximum absolute atomic E-state index is 12.5. The fraction of sp³-hybridized carbons (Fsp3) is 0.353. The van der Waals surface area contributed by atoms with Crippen LogP contribution in [0, 0.1) is 10.1 Å². The second-order valence-electron chi connectivity index (χ2n) is 6.47. The topological polar surface area (TPSA) is 254 Å². The number of azide groups is 1. The first-order valence-corrected chi connectivity index (χ1v) is 9.90. The largest absolute Gasteiger partial charge is 0.480 e. The van der Waals surface area contributed by atoms with E-state index in [-0.39, 0.29) is 11.3 Å². The molecule has 1 aromatic carbocycles. The molecule has 0 aliphatic carbocycles. The number of nitrogens with zero attached hydrogens (tertiary/aromatic N) is 4. The van der Waals surface area contributed by atoms with E-state index in [1.165, 1.54) is 0 Å². The van der Waals surface area contributed by atoms with Gasteiger partial charge in [-0.25, -0.2) is 4.79 Å². The van der Waals surface area contributed by atoms with Crippen LogP contribution in [0.2, 0.25) is 0 Å². The standard InChI is InChI=1S/C17H19N7O9S/c18-23-22-11-5-8(24(32)33)1-2-9(11)15(28)21-10(17(30)31)3-4-13(25)20-12(7-34)16(29)19-6-14(26)27/h1-2,5,10,12,34H,3-4,6-7H2,(H,19,29)(H,20,25)(H,21,28)(H,26,27)(H,30,31)/t10-,12-/m0/s1. The second kappa shape index (κ2) is 13.2. The Balaban J connectivity index is 2.84. The molecule has 0 aromatic heterocycles. The third-order valence-corrected chi connectivity index (χ3v) is 4.47. The minimum atomic E-state index is -1.58. The van der Waals surface area contributed by atoms with Crippen molar-refractivity contribution in [2.24, 2.45) is 5.11 Å². The molecular formula is C17H19N7O9S. The first kappa shape index (κ1) is 27.7. The number of amides is 3. The van der Waals surface area contributed by atoms with E-state index in [9.17, 15) is 39.2 Å². The lowest BCUT2D eigenvalue weighted by atomic mass is 10.1. The molecule has 1 aromatic rings. The van der Waals surface area contributed by atoms with Crippen LogP contribution in [0.3, 0.4) is 0 Å². The Kier molecular flexibility index (Phi) is 10.8. The third kappa shape index (κ3) is 8.64. The molecule has 0 spiro atoms. The fourth-order valence-corrected chi connectivity index (χ4v) is 2.73. The molecule has 182 valence electrons. The SMILES string of the molecule is [N-]=[N+]=Nc1cc([N+](=O)[O-])ccc1C(=O)N[C@@H](CCC(=O)N[C@@H](CS)C(=O)NCC(=O)O)C(=O)O. The molecule has 1 rings (SSSR count). The summed E-state index contributed by atoms with van der Waals surface area (Å²) in [7, 11) is 0. The highest BCUT2D eigenvalue weighted by molar-refractivity contribution is 7.80. The van der Waals surface area contributed by atoms with Crippen molar-refractivity contribution in [2.45, 2.75) is 24.9 Å². The van der Waals surface area contributed by atoms with Crippen molar-refractivity contribution in [3.8, 4) is 0 Å². The molecule has 17 heteroatoms. The van der Waals surface area contributed by atoms with Gasteiger partial charge in [0, 0.05) is 34.8 Å². The number of benzene rings is 1. The van der Waals surface area contributed by atoms with Crippen molar-refractivity contribution in [2.75, 3.05) is 12.3 Å². The number of carboxylic acid groups (broad SMARTS) is 2. The van der Waals surface area contributed by atoms with E-state index >= 15 is 0 Å². The van der Waals surface area contributed by atoms with Gasteiger partial charge in [-0.3, -0.25) is 29.3 Å². The molecule has 0 unspecified atom stereocenters. The molecule has 16 nitrogen and oxygen atoms in total. The van der Waals surface area contributed by atoms with Crippen LogP contribution in [0.15, 0.2) is 23.3 Å². The van der Waals surface area contributed by atoms with Crippen LogP contribution in [0.25, 0.3) is 10.4 Å². The summed E-state index contributed by atoms with van der Waals surface area (Å²) in [5.41, 5.74) is 7.42. The number of rotatable bonds is 13. The van der Waals surface area contributed by atoms with E-state index in [0.717, 1.165) is 18.2 Å². The maximum atomic E-state index is 12.5. The summed E-state index contributed by atoms with van der Waals surface area (Å²) in [6.07, 6.45) is -0.857. The van der Waals surface area contributed by atoms with Gasteiger partial charge in [-0.15, -0.1) is 0 Å². The second-order valence-corrected chi connectivity index (χ2v) is 6.83. The maximum Gasteiger partial charge on any atom is 0.326 e. The number of non-ortho nitro benzene ring substituents is 1. The quantitative estimate of drug-likeness (QED) is 0.0539. The molecule has 34 heavy (non-hydrogen) atoms. The Morgan fingerprint density at radius 3 is 2.38 bits per heavy atom. The Hall–Kier alpha value is -4.37. The van der Waals surface area contributed by atoms with E-state index in [1.54, 1.807) is 0 Å². The number of carboxylic acids is 2. The number of aliphatic carboxylic acids is 2. The van der Waals surface area contributed by atoms with Crippen molar-refractivity contribution < 1.29 is 39.1 Å². The van der Waals surface area contributed by atoms with Crippen molar-refractivity contribution in [1.29, 1.82) is 0 Å². The molecule has 0 radical (unpaired) electrons. The predicted molar refractivity (Wildman–Crippen MR) is 116 cm³/mol. The summed E-state index contributed by atoms with van der Waals surface area (Å²) in [4.78, 5) is 71.0. The van der Waals surface area contributed by atoms with Crippen LogP contribution in [-0.2, 0) is 19.2 Å². The Morgan fingerprint density at radius 1 is 1.18 bits per heavy atom. The first-order chi connectivity index (χ1) is 16.0. The van der Waals surface area contributed by atoms with Crippen molar-refractivity contribution >= 4 is 53.7 Å². The number of thiol groups is 1. The normalized spacial score (nSPS) is 11.8. The third-order valence-electron chi connectivity index (χ3n) is 4.10. The zero-order chi connectivity index (χ0) is 25.8. The molecular weight excluding hydrogens is 478 g/mol. The van der Waals surface area contributed by atoms with Gasteiger partial charge in [0.15, 0.2) is 0 Å². The highest BCUT2D eigenvalue weighted by Crippen LogP contribution is 2.25. The summed E-state index contributed by atoms with van der Waals surface area (Å²) in [5.74, 6) is -5.56. The van der Waals surface area contributed by atoms with E-state index in [2.05, 4.69) is 38.6 Å². The minimum absolute atomic E-state index is 0.168. The van der Waals surface area contributed by atoms with E-state index < -0.39 is 77.4 Å². The molecule has 0 aliphatic rings. The summed E-state index contributed by atoms with van der Waals surface area (Å²) in [6.45, 7) is -0.674. The number of carbonyl (C=O) groups excluding carboxylic acids is 3. The average Bonchev–Trinajstić information content (AvgIpc) is 2.78. The molecule has 0 fully saturated rings. The Labute approximate surface area is 195 Å². The van der Waals surface area contributed by atoms with Gasteiger partial charge in [-0.1, -0.05) is 5.11 Å². The predicted octanol–water partition coefficient (Wildman–Crippen LogP) is 0.115. The number of hydrogen-bond donors (Lipinski definition) is 6. The van der Waals surface area contributed by atoms with Gasteiger partial charge in [0.1, 0.15) is 18.6 Å². The molecule has 0 bridgehead atoms.